The molecule has 0 radical (unpaired) electrons. The highest BCUT2D eigenvalue weighted by atomic mass is 19.4. The van der Waals surface area contributed by atoms with Crippen LogP contribution in [-0.2, 0) is 6.42 Å². The van der Waals surface area contributed by atoms with Gasteiger partial charge in [-0.15, -0.1) is 0 Å². The highest BCUT2D eigenvalue weighted by molar-refractivity contribution is 5.91. The molecule has 39 heavy (non-hydrogen) atoms. The standard InChI is InChI=1S/C26H24F3N9O/c1-15(2)39-21-8-5-17(11-32-21)20-10-18(9-16-3-6-19(7-4-16)38-14-31-13-34-38)22-23(35-20)24(37-25(30)36-22)33-12-26(27,28)29/h3-8,10-11,13-15H,9,12H2,1-2H3,(H3,30,33,36,37). The second kappa shape index (κ2) is 10.5. The van der Waals surface area contributed by atoms with E-state index in [1.165, 1.54) is 6.33 Å². The lowest BCUT2D eigenvalue weighted by Crippen LogP contribution is -2.22. The number of nitrogen functional groups attached to an aromatic ring is 1. The van der Waals surface area contributed by atoms with Gasteiger partial charge >= 0.3 is 6.18 Å². The van der Waals surface area contributed by atoms with Gasteiger partial charge in [-0.1, -0.05) is 12.1 Å². The SMILES string of the molecule is CC(C)Oc1ccc(-c2cc(Cc3ccc(-n4cncn4)cc3)c3nc(N)nc(NCC(F)(F)F)c3n2)cn1. The maximum atomic E-state index is 13.0. The molecule has 3 N–H and O–H groups in total. The van der Waals surface area contributed by atoms with Gasteiger partial charge in [0.2, 0.25) is 11.8 Å². The zero-order valence-electron chi connectivity index (χ0n) is 21.0. The van der Waals surface area contributed by atoms with Gasteiger partial charge in [-0.2, -0.15) is 23.3 Å². The smallest absolute Gasteiger partial charge is 0.405 e. The number of aromatic nitrogens is 7. The van der Waals surface area contributed by atoms with Crippen LogP contribution >= 0.6 is 0 Å². The molecule has 0 aliphatic carbocycles. The number of nitrogens with one attached hydrogen (secondary N) is 1. The number of anilines is 2. The first-order chi connectivity index (χ1) is 18.6. The molecule has 4 heterocycles. The number of nitrogens with two attached hydrogens (primary N) is 1. The largest absolute Gasteiger partial charge is 0.475 e. The number of ether oxygens (including phenoxy) is 1. The molecule has 5 aromatic rings. The monoisotopic (exact) mass is 535 g/mol. The Hall–Kier alpha value is -4.81. The van der Waals surface area contributed by atoms with Crippen LogP contribution in [0.3, 0.4) is 0 Å². The van der Waals surface area contributed by atoms with E-state index in [4.69, 9.17) is 10.5 Å². The van der Waals surface area contributed by atoms with Gasteiger partial charge in [-0.25, -0.2) is 24.6 Å². The molecular weight excluding hydrogens is 511 g/mol. The van der Waals surface area contributed by atoms with Crippen molar-refractivity contribution < 1.29 is 17.9 Å². The Morgan fingerprint density at radius 2 is 1.82 bits per heavy atom. The van der Waals surface area contributed by atoms with E-state index in [0.717, 1.165) is 11.3 Å². The lowest BCUT2D eigenvalue weighted by Gasteiger charge is -2.15. The molecule has 10 nitrogen and oxygen atoms in total. The lowest BCUT2D eigenvalue weighted by molar-refractivity contribution is -0.115. The summed E-state index contributed by atoms with van der Waals surface area (Å²) in [6, 6.07) is 13.0. The van der Waals surface area contributed by atoms with Crippen LogP contribution in [0.4, 0.5) is 24.9 Å². The van der Waals surface area contributed by atoms with E-state index < -0.39 is 12.7 Å². The first-order valence-electron chi connectivity index (χ1n) is 12.0. The molecule has 0 saturated heterocycles. The number of hydrogen-bond acceptors (Lipinski definition) is 9. The molecule has 5 rings (SSSR count). The highest BCUT2D eigenvalue weighted by Crippen LogP contribution is 2.30. The molecule has 0 aliphatic heterocycles. The van der Waals surface area contributed by atoms with Gasteiger partial charge in [0.05, 0.1) is 17.5 Å². The summed E-state index contributed by atoms with van der Waals surface area (Å²) in [5.74, 6) is 0.180. The Labute approximate surface area is 221 Å². The summed E-state index contributed by atoms with van der Waals surface area (Å²) < 4.78 is 46.3. The van der Waals surface area contributed by atoms with Crippen LogP contribution in [0.15, 0.2) is 61.3 Å². The van der Waals surface area contributed by atoms with E-state index in [0.29, 0.717) is 34.6 Å². The first kappa shape index (κ1) is 25.8. The molecule has 13 heteroatoms. The zero-order chi connectivity index (χ0) is 27.6. The van der Waals surface area contributed by atoms with Crippen LogP contribution in [-0.4, -0.2) is 53.5 Å². The van der Waals surface area contributed by atoms with Gasteiger partial charge < -0.3 is 15.8 Å². The zero-order valence-corrected chi connectivity index (χ0v) is 21.0. The van der Waals surface area contributed by atoms with Gasteiger partial charge in [0.25, 0.3) is 0 Å². The van der Waals surface area contributed by atoms with Crippen molar-refractivity contribution in [2.75, 3.05) is 17.6 Å². The number of benzene rings is 1. The Morgan fingerprint density at radius 3 is 2.46 bits per heavy atom. The fourth-order valence-corrected chi connectivity index (χ4v) is 3.95. The number of halogens is 3. The van der Waals surface area contributed by atoms with Crippen molar-refractivity contribution in [1.29, 1.82) is 0 Å². The molecule has 0 aliphatic rings. The van der Waals surface area contributed by atoms with Crippen molar-refractivity contribution in [3.8, 4) is 22.8 Å². The summed E-state index contributed by atoms with van der Waals surface area (Å²) >= 11 is 0. The van der Waals surface area contributed by atoms with E-state index in [1.807, 2.05) is 44.2 Å². The summed E-state index contributed by atoms with van der Waals surface area (Å²) in [4.78, 5) is 21.3. The fraction of sp³-hybridized carbons (Fsp3) is 0.231. The van der Waals surface area contributed by atoms with E-state index in [9.17, 15) is 13.2 Å². The fourth-order valence-electron chi connectivity index (χ4n) is 3.95. The maximum absolute atomic E-state index is 13.0. The van der Waals surface area contributed by atoms with E-state index in [2.05, 4.69) is 35.3 Å². The maximum Gasteiger partial charge on any atom is 0.405 e. The molecule has 0 amide bonds. The summed E-state index contributed by atoms with van der Waals surface area (Å²) in [5.41, 5.74) is 10.0. The molecule has 1 aromatic carbocycles. The number of alkyl halides is 3. The van der Waals surface area contributed by atoms with Crippen LogP contribution in [0, 0.1) is 0 Å². The van der Waals surface area contributed by atoms with E-state index >= 15 is 0 Å². The summed E-state index contributed by atoms with van der Waals surface area (Å²) in [5, 5.41) is 6.45. The van der Waals surface area contributed by atoms with Crippen LogP contribution in [0.5, 0.6) is 5.88 Å². The Balaban J connectivity index is 1.58. The van der Waals surface area contributed by atoms with Crippen molar-refractivity contribution in [3.63, 3.8) is 0 Å². The third kappa shape index (κ3) is 6.20. The molecule has 200 valence electrons. The Kier molecular flexibility index (Phi) is 6.96. The second-order valence-electron chi connectivity index (χ2n) is 9.00. The van der Waals surface area contributed by atoms with Crippen LogP contribution in [0.1, 0.15) is 25.0 Å². The molecule has 0 spiro atoms. The van der Waals surface area contributed by atoms with Gasteiger partial charge in [-0.3, -0.25) is 0 Å². The van der Waals surface area contributed by atoms with E-state index in [1.54, 1.807) is 29.3 Å². The average Bonchev–Trinajstić information content (AvgIpc) is 3.43. The first-order valence-corrected chi connectivity index (χ1v) is 12.0. The minimum Gasteiger partial charge on any atom is -0.475 e. The van der Waals surface area contributed by atoms with Gasteiger partial charge in [-0.05, 0) is 55.7 Å². The van der Waals surface area contributed by atoms with Gasteiger partial charge in [0.15, 0.2) is 5.82 Å². The van der Waals surface area contributed by atoms with Crippen molar-refractivity contribution in [3.05, 3.63) is 72.4 Å². The van der Waals surface area contributed by atoms with Crippen molar-refractivity contribution in [2.45, 2.75) is 32.5 Å². The third-order valence-electron chi connectivity index (χ3n) is 5.61. The number of hydrogen-bond donors (Lipinski definition) is 2. The summed E-state index contributed by atoms with van der Waals surface area (Å²) in [6.07, 6.45) is 0.537. The second-order valence-corrected chi connectivity index (χ2v) is 9.00. The highest BCUT2D eigenvalue weighted by Gasteiger charge is 2.28. The predicted octanol–water partition coefficient (Wildman–Crippen LogP) is 4.60. The summed E-state index contributed by atoms with van der Waals surface area (Å²) in [6.45, 7) is 2.49. The van der Waals surface area contributed by atoms with Gasteiger partial charge in [0.1, 0.15) is 30.2 Å². The Morgan fingerprint density at radius 1 is 1.03 bits per heavy atom. The average molecular weight is 536 g/mol. The van der Waals surface area contributed by atoms with Crippen LogP contribution in [0.2, 0.25) is 0 Å². The molecule has 0 saturated carbocycles. The summed E-state index contributed by atoms with van der Waals surface area (Å²) in [7, 11) is 0. The quantitative estimate of drug-likeness (QED) is 0.293. The minimum atomic E-state index is -4.46. The third-order valence-corrected chi connectivity index (χ3v) is 5.61. The lowest BCUT2D eigenvalue weighted by atomic mass is 10.0. The normalized spacial score (nSPS) is 11.7. The number of nitrogens with zero attached hydrogens (tertiary/aromatic N) is 7. The topological polar surface area (TPSA) is 130 Å². The molecule has 0 bridgehead atoms. The van der Waals surface area contributed by atoms with Gasteiger partial charge in [0, 0.05) is 17.8 Å². The molecule has 4 aromatic heterocycles. The van der Waals surface area contributed by atoms with Crippen molar-refractivity contribution in [2.24, 2.45) is 0 Å². The van der Waals surface area contributed by atoms with Crippen molar-refractivity contribution in [1.82, 2.24) is 34.7 Å². The molecule has 0 fully saturated rings. The van der Waals surface area contributed by atoms with Crippen molar-refractivity contribution >= 4 is 22.8 Å². The minimum absolute atomic E-state index is 0.0467. The predicted molar refractivity (Wildman–Crippen MR) is 139 cm³/mol. The van der Waals surface area contributed by atoms with Crippen LogP contribution < -0.4 is 15.8 Å². The molecule has 0 unspecified atom stereocenters. The Bertz CT molecular complexity index is 1570. The molecular formula is C26H24F3N9O. The number of fused-ring (bicyclic) bond motifs is 1. The van der Waals surface area contributed by atoms with Crippen LogP contribution in [0.25, 0.3) is 28.0 Å². The molecule has 0 atom stereocenters. The van der Waals surface area contributed by atoms with E-state index in [-0.39, 0.29) is 23.4 Å². The number of rotatable bonds is 8. The number of pyridine rings is 2.